The van der Waals surface area contributed by atoms with Crippen LogP contribution in [0.25, 0.3) is 11.3 Å². The Morgan fingerprint density at radius 3 is 2.76 bits per heavy atom. The maximum absolute atomic E-state index is 12.8. The number of carbonyl (C=O) groups excluding carboxylic acids is 1. The first-order valence-corrected chi connectivity index (χ1v) is 9.72. The predicted octanol–water partition coefficient (Wildman–Crippen LogP) is 2.73. The Labute approximate surface area is 167 Å². The highest BCUT2D eigenvalue weighted by molar-refractivity contribution is 5.91. The average molecular weight is 394 g/mol. The fraction of sp³-hybridized carbons (Fsp3) is 0.381. The Morgan fingerprint density at radius 2 is 2.00 bits per heavy atom. The molecule has 0 unspecified atom stereocenters. The van der Waals surface area contributed by atoms with E-state index in [4.69, 9.17) is 14.0 Å². The van der Waals surface area contributed by atoms with Crippen LogP contribution in [0.4, 0.5) is 0 Å². The summed E-state index contributed by atoms with van der Waals surface area (Å²) in [6.07, 6.45) is 1.54. The van der Waals surface area contributed by atoms with Crippen molar-refractivity contribution in [2.75, 3.05) is 13.3 Å². The third-order valence-corrected chi connectivity index (χ3v) is 5.55. The zero-order valence-corrected chi connectivity index (χ0v) is 16.4. The molecule has 1 aromatic carbocycles. The number of aryl methyl sites for hydroxylation is 2. The van der Waals surface area contributed by atoms with Crippen molar-refractivity contribution in [3.63, 3.8) is 0 Å². The Hall–Kier alpha value is -3.29. The normalized spacial score (nSPS) is 16.1. The molecular formula is C21H22N4O4. The van der Waals surface area contributed by atoms with Crippen molar-refractivity contribution < 1.29 is 18.8 Å². The van der Waals surface area contributed by atoms with Gasteiger partial charge in [-0.05, 0) is 51.0 Å². The smallest absolute Gasteiger partial charge is 0.232 e. The Bertz CT molecular complexity index is 1080. The number of hydrogen-bond acceptors (Lipinski definition) is 6. The third kappa shape index (κ3) is 3.14. The van der Waals surface area contributed by atoms with Gasteiger partial charge in [0, 0.05) is 23.9 Å². The Balaban J connectivity index is 1.27. The average Bonchev–Trinajstić information content (AvgIpc) is 3.05. The largest absolute Gasteiger partial charge is 0.454 e. The second kappa shape index (κ2) is 6.65. The molecule has 1 aliphatic carbocycles. The van der Waals surface area contributed by atoms with Gasteiger partial charge in [-0.1, -0.05) is 5.16 Å². The molecule has 8 heteroatoms. The number of nitrogens with zero attached hydrogens (tertiary/aromatic N) is 3. The molecule has 0 bridgehead atoms. The van der Waals surface area contributed by atoms with Crippen molar-refractivity contribution in [1.29, 1.82) is 0 Å². The lowest BCUT2D eigenvalue weighted by Crippen LogP contribution is -2.37. The van der Waals surface area contributed by atoms with Gasteiger partial charge in [0.1, 0.15) is 0 Å². The zero-order chi connectivity index (χ0) is 20.0. The zero-order valence-electron chi connectivity index (χ0n) is 16.4. The fourth-order valence-corrected chi connectivity index (χ4v) is 3.76. The van der Waals surface area contributed by atoms with Crippen LogP contribution >= 0.6 is 0 Å². The Kier molecular flexibility index (Phi) is 4.08. The molecule has 0 saturated heterocycles. The van der Waals surface area contributed by atoms with Gasteiger partial charge in [0.05, 0.1) is 23.3 Å². The van der Waals surface area contributed by atoms with Crippen LogP contribution in [0.15, 0.2) is 34.9 Å². The summed E-state index contributed by atoms with van der Waals surface area (Å²) in [5.41, 5.74) is 2.99. The van der Waals surface area contributed by atoms with Gasteiger partial charge in [-0.2, -0.15) is 5.10 Å². The van der Waals surface area contributed by atoms with Gasteiger partial charge in [-0.25, -0.2) is 0 Å². The van der Waals surface area contributed by atoms with E-state index in [0.29, 0.717) is 36.0 Å². The molecule has 2 aromatic heterocycles. The molecule has 150 valence electrons. The van der Waals surface area contributed by atoms with Crippen molar-refractivity contribution >= 4 is 5.91 Å². The summed E-state index contributed by atoms with van der Waals surface area (Å²) < 4.78 is 18.2. The predicted molar refractivity (Wildman–Crippen MR) is 104 cm³/mol. The molecule has 3 aromatic rings. The molecule has 1 fully saturated rings. The van der Waals surface area contributed by atoms with E-state index in [-0.39, 0.29) is 12.7 Å². The minimum atomic E-state index is -0.590. The van der Waals surface area contributed by atoms with Gasteiger partial charge in [-0.3, -0.25) is 9.48 Å². The highest BCUT2D eigenvalue weighted by Gasteiger charge is 2.53. The lowest BCUT2D eigenvalue weighted by molar-refractivity contribution is -0.123. The van der Waals surface area contributed by atoms with Gasteiger partial charge >= 0.3 is 0 Å². The highest BCUT2D eigenvalue weighted by Crippen LogP contribution is 2.49. The number of aromatic nitrogens is 3. The molecule has 1 saturated carbocycles. The van der Waals surface area contributed by atoms with Crippen LogP contribution < -0.4 is 14.8 Å². The number of nitrogens with one attached hydrogen (secondary N) is 1. The van der Waals surface area contributed by atoms with Gasteiger partial charge in [0.2, 0.25) is 12.7 Å². The molecule has 1 N–H and O–H groups in total. The number of rotatable bonds is 6. The van der Waals surface area contributed by atoms with Crippen LogP contribution in [0.5, 0.6) is 11.5 Å². The molecule has 1 aliphatic heterocycles. The third-order valence-electron chi connectivity index (χ3n) is 5.55. The van der Waals surface area contributed by atoms with Crippen LogP contribution in [-0.4, -0.2) is 34.2 Å². The van der Waals surface area contributed by atoms with Crippen LogP contribution in [0.3, 0.4) is 0 Å². The number of amides is 1. The van der Waals surface area contributed by atoms with E-state index in [0.717, 1.165) is 29.8 Å². The number of carbonyl (C=O) groups is 1. The van der Waals surface area contributed by atoms with Crippen molar-refractivity contribution in [3.05, 3.63) is 47.4 Å². The summed E-state index contributed by atoms with van der Waals surface area (Å²) in [4.78, 5) is 12.8. The van der Waals surface area contributed by atoms with Crippen molar-refractivity contribution in [2.24, 2.45) is 0 Å². The minimum Gasteiger partial charge on any atom is -0.454 e. The monoisotopic (exact) mass is 394 g/mol. The van der Waals surface area contributed by atoms with E-state index < -0.39 is 5.41 Å². The molecule has 0 spiro atoms. The Morgan fingerprint density at radius 1 is 1.17 bits per heavy atom. The quantitative estimate of drug-likeness (QED) is 0.691. The van der Waals surface area contributed by atoms with E-state index in [1.165, 1.54) is 0 Å². The molecule has 8 nitrogen and oxygen atoms in total. The van der Waals surface area contributed by atoms with E-state index in [1.54, 1.807) is 0 Å². The second-order valence-electron chi connectivity index (χ2n) is 7.63. The first kappa shape index (κ1) is 17.8. The fourth-order valence-electron chi connectivity index (χ4n) is 3.76. The molecule has 0 radical (unpaired) electrons. The molecular weight excluding hydrogens is 372 g/mol. The molecule has 29 heavy (non-hydrogen) atoms. The summed E-state index contributed by atoms with van der Waals surface area (Å²) in [7, 11) is 0. The van der Waals surface area contributed by atoms with E-state index in [1.807, 2.05) is 48.9 Å². The molecule has 3 heterocycles. The number of hydrogen-bond donors (Lipinski definition) is 1. The van der Waals surface area contributed by atoms with Crippen LogP contribution in [0.1, 0.15) is 29.9 Å². The van der Waals surface area contributed by atoms with E-state index >= 15 is 0 Å². The first-order valence-electron chi connectivity index (χ1n) is 9.72. The SMILES string of the molecule is Cc1cc(C)n(CCNC(=O)C2(c3cc(-c4ccc5c(c4)OCO5)on3)CC2)n1. The van der Waals surface area contributed by atoms with E-state index in [9.17, 15) is 4.79 Å². The topological polar surface area (TPSA) is 91.4 Å². The maximum atomic E-state index is 12.8. The maximum Gasteiger partial charge on any atom is 0.232 e. The summed E-state index contributed by atoms with van der Waals surface area (Å²) >= 11 is 0. The minimum absolute atomic E-state index is 0.00966. The summed E-state index contributed by atoms with van der Waals surface area (Å²) in [5, 5.41) is 11.7. The number of ether oxygens (including phenoxy) is 2. The summed E-state index contributed by atoms with van der Waals surface area (Å²) in [5.74, 6) is 2.00. The van der Waals surface area contributed by atoms with Crippen LogP contribution in [0, 0.1) is 13.8 Å². The van der Waals surface area contributed by atoms with E-state index in [2.05, 4.69) is 15.6 Å². The molecule has 1 amide bonds. The highest BCUT2D eigenvalue weighted by atomic mass is 16.7. The standard InChI is InChI=1S/C21H22N4O4/c1-13-9-14(2)25(23-13)8-7-22-20(26)21(5-6-21)19-11-17(29-24-19)15-3-4-16-18(10-15)28-12-27-16/h3-4,9-11H,5-8,12H2,1-2H3,(H,22,26). The summed E-state index contributed by atoms with van der Waals surface area (Å²) in [6.45, 7) is 5.36. The molecule has 5 rings (SSSR count). The summed E-state index contributed by atoms with van der Waals surface area (Å²) in [6, 6.07) is 9.48. The number of fused-ring (bicyclic) bond motifs is 1. The van der Waals surface area contributed by atoms with Crippen LogP contribution in [-0.2, 0) is 16.8 Å². The molecule has 0 atom stereocenters. The lowest BCUT2D eigenvalue weighted by Gasteiger charge is -2.13. The van der Waals surface area contributed by atoms with Gasteiger partial charge < -0.3 is 19.3 Å². The van der Waals surface area contributed by atoms with Crippen molar-refractivity contribution in [2.45, 2.75) is 38.6 Å². The van der Waals surface area contributed by atoms with Crippen LogP contribution in [0.2, 0.25) is 0 Å². The van der Waals surface area contributed by atoms with Crippen molar-refractivity contribution in [3.8, 4) is 22.8 Å². The van der Waals surface area contributed by atoms with Gasteiger partial charge in [-0.15, -0.1) is 0 Å². The molecule has 2 aliphatic rings. The first-order chi connectivity index (χ1) is 14.0. The second-order valence-corrected chi connectivity index (χ2v) is 7.63. The van der Waals surface area contributed by atoms with Crippen molar-refractivity contribution in [1.82, 2.24) is 20.3 Å². The van der Waals surface area contributed by atoms with Gasteiger partial charge in [0.15, 0.2) is 17.3 Å². The lowest BCUT2D eigenvalue weighted by atomic mass is 10.0. The van der Waals surface area contributed by atoms with Gasteiger partial charge in [0.25, 0.3) is 0 Å². The number of benzene rings is 1.